The van der Waals surface area contributed by atoms with E-state index in [1.54, 1.807) is 24.3 Å². The number of hydrogen-bond donors (Lipinski definition) is 4. The summed E-state index contributed by atoms with van der Waals surface area (Å²) in [5.41, 5.74) is 1.57. The minimum atomic E-state index is -3.68. The van der Waals surface area contributed by atoms with Crippen LogP contribution < -0.4 is 10.3 Å². The first kappa shape index (κ1) is 13.2. The molecule has 2 aromatic heterocycles. The lowest BCUT2D eigenvalue weighted by Gasteiger charge is -2.06. The predicted molar refractivity (Wildman–Crippen MR) is 76.2 cm³/mol. The normalized spacial score (nSPS) is 11.4. The lowest BCUT2D eigenvalue weighted by molar-refractivity contribution is 0.597. The third-order valence-electron chi connectivity index (χ3n) is 2.81. The summed E-state index contributed by atoms with van der Waals surface area (Å²) in [6, 6.07) is 9.39. The smallest absolute Gasteiger partial charge is 0.278 e. The van der Waals surface area contributed by atoms with Crippen molar-refractivity contribution in [2.75, 3.05) is 4.72 Å². The largest absolute Gasteiger partial charge is 0.298 e. The minimum Gasteiger partial charge on any atom is -0.298 e. The number of H-pyrrole nitrogens is 3. The number of anilines is 1. The fourth-order valence-corrected chi connectivity index (χ4v) is 2.78. The van der Waals surface area contributed by atoms with E-state index in [1.807, 2.05) is 0 Å². The minimum absolute atomic E-state index is 0.0125. The summed E-state index contributed by atoms with van der Waals surface area (Å²) in [6.07, 6.45) is 1.36. The Morgan fingerprint density at radius 3 is 2.38 bits per heavy atom. The first-order valence-corrected chi connectivity index (χ1v) is 7.43. The van der Waals surface area contributed by atoms with Crippen LogP contribution in [0.1, 0.15) is 0 Å². The van der Waals surface area contributed by atoms with Crippen LogP contribution in [-0.2, 0) is 10.0 Å². The van der Waals surface area contributed by atoms with E-state index >= 15 is 0 Å². The molecule has 0 unspecified atom stereocenters. The maximum atomic E-state index is 12.0. The maximum Gasteiger partial charge on any atom is 0.278 e. The molecule has 9 heteroatoms. The van der Waals surface area contributed by atoms with Gasteiger partial charge in [-0.1, -0.05) is 12.1 Å². The van der Waals surface area contributed by atoms with Crippen molar-refractivity contribution >= 4 is 15.7 Å². The van der Waals surface area contributed by atoms with Crippen LogP contribution in [0.2, 0.25) is 0 Å². The van der Waals surface area contributed by atoms with Gasteiger partial charge in [-0.25, -0.2) is 0 Å². The maximum absolute atomic E-state index is 12.0. The molecule has 4 N–H and O–H groups in total. The molecule has 0 radical (unpaired) electrons. The zero-order valence-corrected chi connectivity index (χ0v) is 11.4. The Labute approximate surface area is 119 Å². The summed E-state index contributed by atoms with van der Waals surface area (Å²) in [4.78, 5) is 11.1. The third kappa shape index (κ3) is 2.72. The van der Waals surface area contributed by atoms with Gasteiger partial charge in [0.15, 0.2) is 5.03 Å². The Morgan fingerprint density at radius 1 is 1.05 bits per heavy atom. The summed E-state index contributed by atoms with van der Waals surface area (Å²) in [5, 5.41) is 11.1. The molecule has 0 aliphatic carbocycles. The van der Waals surface area contributed by atoms with Crippen molar-refractivity contribution < 1.29 is 8.42 Å². The molecule has 21 heavy (non-hydrogen) atoms. The van der Waals surface area contributed by atoms with E-state index in [-0.39, 0.29) is 10.6 Å². The van der Waals surface area contributed by atoms with E-state index in [1.165, 1.54) is 18.3 Å². The average Bonchev–Trinajstić information content (AvgIpc) is 3.10. The van der Waals surface area contributed by atoms with Gasteiger partial charge in [0.05, 0.1) is 11.9 Å². The molecule has 1 aromatic carbocycles. The van der Waals surface area contributed by atoms with E-state index in [2.05, 4.69) is 25.1 Å². The lowest BCUT2D eigenvalue weighted by Crippen LogP contribution is -2.13. The Hall–Kier alpha value is -2.81. The van der Waals surface area contributed by atoms with Crippen LogP contribution in [0, 0.1) is 0 Å². The molecule has 3 aromatic rings. The molecule has 0 aliphatic heterocycles. The molecular weight excluding hydrogens is 294 g/mol. The van der Waals surface area contributed by atoms with Crippen molar-refractivity contribution in [1.82, 2.24) is 20.4 Å². The van der Waals surface area contributed by atoms with Crippen LogP contribution >= 0.6 is 0 Å². The van der Waals surface area contributed by atoms with Gasteiger partial charge in [0.1, 0.15) is 0 Å². The number of rotatable bonds is 4. The quantitative estimate of drug-likeness (QED) is 0.571. The standard InChI is InChI=1S/C12H11N5O3S/c18-11-7-10(14-15-11)8-1-3-9(4-2-8)17-21(19,20)12-5-6-13-16-12/h1-7,17H,(H,13,16)(H2,14,15,18). The predicted octanol–water partition coefficient (Wildman–Crippen LogP) is 0.894. The number of benzene rings is 1. The van der Waals surface area contributed by atoms with Crippen LogP contribution in [0.3, 0.4) is 0 Å². The van der Waals surface area contributed by atoms with Crippen LogP contribution in [0.15, 0.2) is 52.4 Å². The third-order valence-corrected chi connectivity index (χ3v) is 4.12. The van der Waals surface area contributed by atoms with Gasteiger partial charge in [0, 0.05) is 11.8 Å². The van der Waals surface area contributed by atoms with Crippen molar-refractivity contribution in [3.63, 3.8) is 0 Å². The van der Waals surface area contributed by atoms with Gasteiger partial charge in [0.25, 0.3) is 15.6 Å². The molecule has 108 valence electrons. The molecule has 0 atom stereocenters. The van der Waals surface area contributed by atoms with Gasteiger partial charge in [-0.15, -0.1) is 0 Å². The van der Waals surface area contributed by atoms with Crippen molar-refractivity contribution in [3.05, 3.63) is 52.9 Å². The molecule has 0 spiro atoms. The van der Waals surface area contributed by atoms with E-state index in [0.717, 1.165) is 5.56 Å². The van der Waals surface area contributed by atoms with Crippen molar-refractivity contribution in [2.45, 2.75) is 5.03 Å². The molecule has 0 saturated heterocycles. The average molecular weight is 305 g/mol. The van der Waals surface area contributed by atoms with Gasteiger partial charge in [-0.05, 0) is 23.8 Å². The second-order valence-electron chi connectivity index (χ2n) is 4.28. The first-order chi connectivity index (χ1) is 10.0. The van der Waals surface area contributed by atoms with E-state index < -0.39 is 10.0 Å². The molecule has 0 fully saturated rings. The van der Waals surface area contributed by atoms with Gasteiger partial charge in [-0.3, -0.25) is 24.8 Å². The van der Waals surface area contributed by atoms with Gasteiger partial charge < -0.3 is 0 Å². The van der Waals surface area contributed by atoms with Crippen LogP contribution in [0.25, 0.3) is 11.3 Å². The zero-order chi connectivity index (χ0) is 14.9. The topological polar surface area (TPSA) is 123 Å². The first-order valence-electron chi connectivity index (χ1n) is 5.95. The Balaban J connectivity index is 1.84. The highest BCUT2D eigenvalue weighted by Gasteiger charge is 2.15. The molecule has 0 bridgehead atoms. The van der Waals surface area contributed by atoms with Crippen molar-refractivity contribution in [1.29, 1.82) is 0 Å². The molecule has 0 aliphatic rings. The highest BCUT2D eigenvalue weighted by Crippen LogP contribution is 2.20. The van der Waals surface area contributed by atoms with Gasteiger partial charge in [-0.2, -0.15) is 13.5 Å². The van der Waals surface area contributed by atoms with Gasteiger partial charge >= 0.3 is 0 Å². The van der Waals surface area contributed by atoms with Crippen LogP contribution in [0.4, 0.5) is 5.69 Å². The number of nitrogens with one attached hydrogen (secondary N) is 4. The van der Waals surface area contributed by atoms with Crippen molar-refractivity contribution in [2.24, 2.45) is 0 Å². The Bertz CT molecular complexity index is 891. The summed E-state index contributed by atoms with van der Waals surface area (Å²) >= 11 is 0. The SMILES string of the molecule is O=c1cc(-c2ccc(NS(=O)(=O)c3ccn[nH]3)cc2)[nH][nH]1. The summed E-state index contributed by atoms with van der Waals surface area (Å²) < 4.78 is 26.4. The molecular formula is C12H11N5O3S. The van der Waals surface area contributed by atoms with Crippen LogP contribution in [0.5, 0.6) is 0 Å². The fourth-order valence-electron chi connectivity index (χ4n) is 1.81. The monoisotopic (exact) mass is 305 g/mol. The zero-order valence-electron chi connectivity index (χ0n) is 10.6. The number of nitrogens with zero attached hydrogens (tertiary/aromatic N) is 1. The number of hydrogen-bond acceptors (Lipinski definition) is 4. The fraction of sp³-hybridized carbons (Fsp3) is 0. The van der Waals surface area contributed by atoms with Crippen LogP contribution in [-0.4, -0.2) is 28.8 Å². The molecule has 0 amide bonds. The van der Waals surface area contributed by atoms with E-state index in [9.17, 15) is 13.2 Å². The summed E-state index contributed by atoms with van der Waals surface area (Å²) in [5.74, 6) is 0. The molecule has 8 nitrogen and oxygen atoms in total. The van der Waals surface area contributed by atoms with Crippen molar-refractivity contribution in [3.8, 4) is 11.3 Å². The molecule has 2 heterocycles. The molecule has 3 rings (SSSR count). The second kappa shape index (κ2) is 4.94. The second-order valence-corrected chi connectivity index (χ2v) is 5.93. The summed E-state index contributed by atoms with van der Waals surface area (Å²) in [6.45, 7) is 0. The summed E-state index contributed by atoms with van der Waals surface area (Å²) in [7, 11) is -3.68. The van der Waals surface area contributed by atoms with Gasteiger partial charge in [0.2, 0.25) is 0 Å². The number of aromatic nitrogens is 4. The number of aromatic amines is 3. The highest BCUT2D eigenvalue weighted by atomic mass is 32.2. The van der Waals surface area contributed by atoms with E-state index in [0.29, 0.717) is 11.4 Å². The molecule has 0 saturated carbocycles. The Morgan fingerprint density at radius 2 is 1.81 bits per heavy atom. The van der Waals surface area contributed by atoms with E-state index in [4.69, 9.17) is 0 Å². The number of sulfonamides is 1. The Kier molecular flexibility index (Phi) is 3.10. The highest BCUT2D eigenvalue weighted by molar-refractivity contribution is 7.92. The lowest BCUT2D eigenvalue weighted by atomic mass is 10.1.